The van der Waals surface area contributed by atoms with Gasteiger partial charge in [0.25, 0.3) is 0 Å². The molecule has 4 N–H and O–H groups in total. The number of fused-ring (bicyclic) bond motifs is 1. The summed E-state index contributed by atoms with van der Waals surface area (Å²) in [7, 11) is 1.90. The topological polar surface area (TPSA) is 90.9 Å². The Labute approximate surface area is 165 Å². The van der Waals surface area contributed by atoms with Crippen LogP contribution in [0.2, 0.25) is 10.0 Å². The number of H-pyrrole nitrogens is 1. The minimum absolute atomic E-state index is 0.264. The summed E-state index contributed by atoms with van der Waals surface area (Å²) in [4.78, 5) is 27.3. The zero-order valence-electron chi connectivity index (χ0n) is 14.6. The van der Waals surface area contributed by atoms with Gasteiger partial charge in [-0.25, -0.2) is 14.2 Å². The van der Waals surface area contributed by atoms with Gasteiger partial charge in [0, 0.05) is 25.3 Å². The van der Waals surface area contributed by atoms with Crippen LogP contribution in [-0.2, 0) is 6.54 Å². The van der Waals surface area contributed by atoms with E-state index in [1.54, 1.807) is 12.1 Å². The van der Waals surface area contributed by atoms with Gasteiger partial charge >= 0.3 is 11.7 Å². The first kappa shape index (κ1) is 19.4. The van der Waals surface area contributed by atoms with E-state index in [0.717, 1.165) is 29.8 Å². The molecule has 3 rings (SSSR count). The Bertz CT molecular complexity index is 1010. The van der Waals surface area contributed by atoms with Crippen LogP contribution in [-0.4, -0.2) is 35.7 Å². The van der Waals surface area contributed by atoms with Gasteiger partial charge in [0.15, 0.2) is 0 Å². The fourth-order valence-corrected chi connectivity index (χ4v) is 2.96. The van der Waals surface area contributed by atoms with E-state index in [2.05, 4.69) is 20.9 Å². The van der Waals surface area contributed by atoms with Gasteiger partial charge in [-0.05, 0) is 36.9 Å². The molecule has 1 aromatic heterocycles. The highest BCUT2D eigenvalue weighted by Gasteiger charge is 2.16. The molecule has 9 heteroatoms. The van der Waals surface area contributed by atoms with Crippen LogP contribution in [0.3, 0.4) is 0 Å². The number of aromatic nitrogens is 2. The first-order chi connectivity index (χ1) is 13.0. The molecule has 0 saturated heterocycles. The van der Waals surface area contributed by atoms with Crippen LogP contribution in [0.15, 0.2) is 41.2 Å². The largest absolute Gasteiger partial charge is 0.334 e. The number of aromatic amines is 1. The molecule has 0 radical (unpaired) electrons. The van der Waals surface area contributed by atoms with Crippen molar-refractivity contribution in [1.82, 2.24) is 20.2 Å². The zero-order valence-corrected chi connectivity index (χ0v) is 16.1. The molecule has 0 bridgehead atoms. The summed E-state index contributed by atoms with van der Waals surface area (Å²) < 4.78 is 0.991. The molecular formula is C18H19Cl2N5O2. The maximum atomic E-state index is 12.6. The summed E-state index contributed by atoms with van der Waals surface area (Å²) in [5.74, 6) is 0. The third-order valence-corrected chi connectivity index (χ3v) is 4.74. The van der Waals surface area contributed by atoms with Gasteiger partial charge in [-0.3, -0.25) is 0 Å². The molecular weight excluding hydrogens is 389 g/mol. The molecule has 0 aliphatic heterocycles. The van der Waals surface area contributed by atoms with E-state index < -0.39 is 11.7 Å². The van der Waals surface area contributed by atoms with Crippen molar-refractivity contribution in [3.05, 3.63) is 62.5 Å². The Morgan fingerprint density at radius 2 is 1.81 bits per heavy atom. The maximum Gasteiger partial charge on any atom is 0.334 e. The molecule has 142 valence electrons. The summed E-state index contributed by atoms with van der Waals surface area (Å²) >= 11 is 12.0. The predicted octanol–water partition coefficient (Wildman–Crippen LogP) is 3.03. The van der Waals surface area contributed by atoms with Crippen LogP contribution in [0.4, 0.5) is 10.5 Å². The van der Waals surface area contributed by atoms with Crippen molar-refractivity contribution in [3.8, 4) is 0 Å². The third-order valence-electron chi connectivity index (χ3n) is 4.01. The van der Waals surface area contributed by atoms with Crippen LogP contribution in [0, 0.1) is 0 Å². The lowest BCUT2D eigenvalue weighted by Crippen LogP contribution is -2.29. The molecule has 0 aliphatic carbocycles. The highest BCUT2D eigenvalue weighted by molar-refractivity contribution is 6.42. The van der Waals surface area contributed by atoms with E-state index in [9.17, 15) is 9.59 Å². The van der Waals surface area contributed by atoms with Gasteiger partial charge in [-0.15, -0.1) is 0 Å². The van der Waals surface area contributed by atoms with Gasteiger partial charge in [-0.2, -0.15) is 0 Å². The lowest BCUT2D eigenvalue weighted by atomic mass is 10.2. The number of amides is 1. The van der Waals surface area contributed by atoms with Crippen LogP contribution >= 0.6 is 23.2 Å². The van der Waals surface area contributed by atoms with Crippen molar-refractivity contribution in [1.29, 1.82) is 0 Å². The Hall–Kier alpha value is -2.32. The number of nitrogens with zero attached hydrogens (tertiary/aromatic N) is 1. The molecule has 1 amide bonds. The van der Waals surface area contributed by atoms with Crippen molar-refractivity contribution in [2.24, 2.45) is 0 Å². The number of nitrogens with one attached hydrogen (secondary N) is 4. The van der Waals surface area contributed by atoms with Crippen molar-refractivity contribution >= 4 is 46.0 Å². The number of benzene rings is 2. The highest BCUT2D eigenvalue weighted by Crippen LogP contribution is 2.26. The molecule has 0 aliphatic rings. The SMILES string of the molecule is CNCCNCc1ccc(NC(=O)n2c(=O)[nH]c3cc(Cl)c(Cl)cc32)cc1. The molecule has 2 aromatic carbocycles. The van der Waals surface area contributed by atoms with Crippen molar-refractivity contribution < 1.29 is 4.79 Å². The predicted molar refractivity (Wildman–Crippen MR) is 109 cm³/mol. The van der Waals surface area contributed by atoms with E-state index in [-0.39, 0.29) is 5.02 Å². The first-order valence-corrected chi connectivity index (χ1v) is 9.10. The Morgan fingerprint density at radius 1 is 1.11 bits per heavy atom. The number of hydrogen-bond acceptors (Lipinski definition) is 4. The Balaban J connectivity index is 1.74. The quantitative estimate of drug-likeness (QED) is 0.472. The summed E-state index contributed by atoms with van der Waals surface area (Å²) in [6.45, 7) is 2.49. The molecule has 3 aromatic rings. The lowest BCUT2D eigenvalue weighted by Gasteiger charge is -2.08. The van der Waals surface area contributed by atoms with Gasteiger partial charge in [0.05, 0.1) is 21.1 Å². The second-order valence-corrected chi connectivity index (χ2v) is 6.77. The summed E-state index contributed by atoms with van der Waals surface area (Å²) in [5, 5.41) is 9.64. The van der Waals surface area contributed by atoms with Gasteiger partial charge in [0.2, 0.25) is 0 Å². The number of carbonyl (C=O) groups excluding carboxylic acids is 1. The number of hydrogen-bond donors (Lipinski definition) is 4. The second kappa shape index (κ2) is 8.58. The van der Waals surface area contributed by atoms with E-state index in [1.165, 1.54) is 12.1 Å². The summed E-state index contributed by atoms with van der Waals surface area (Å²) in [6.07, 6.45) is 0. The van der Waals surface area contributed by atoms with Crippen LogP contribution < -0.4 is 21.6 Å². The normalized spacial score (nSPS) is 11.1. The Morgan fingerprint density at radius 3 is 2.52 bits per heavy atom. The fraction of sp³-hybridized carbons (Fsp3) is 0.222. The van der Waals surface area contributed by atoms with Crippen molar-refractivity contribution in [3.63, 3.8) is 0 Å². The lowest BCUT2D eigenvalue weighted by molar-refractivity contribution is 0.253. The van der Waals surface area contributed by atoms with Crippen LogP contribution in [0.25, 0.3) is 11.0 Å². The van der Waals surface area contributed by atoms with Crippen LogP contribution in [0.1, 0.15) is 5.56 Å². The maximum absolute atomic E-state index is 12.6. The molecule has 27 heavy (non-hydrogen) atoms. The minimum atomic E-state index is -0.579. The van der Waals surface area contributed by atoms with E-state index >= 15 is 0 Å². The fourth-order valence-electron chi connectivity index (χ4n) is 2.64. The van der Waals surface area contributed by atoms with Crippen molar-refractivity contribution in [2.45, 2.75) is 6.54 Å². The molecule has 7 nitrogen and oxygen atoms in total. The first-order valence-electron chi connectivity index (χ1n) is 8.35. The number of likely N-dealkylation sites (N-methyl/N-ethyl adjacent to an activating group) is 1. The number of anilines is 1. The van der Waals surface area contributed by atoms with E-state index in [4.69, 9.17) is 23.2 Å². The molecule has 1 heterocycles. The summed E-state index contributed by atoms with van der Waals surface area (Å²) in [5.41, 5.74) is 1.91. The standard InChI is InChI=1S/C18H19Cl2N5O2/c1-21-6-7-22-10-11-2-4-12(5-3-11)23-17(26)25-16-9-14(20)13(19)8-15(16)24-18(25)27/h2-5,8-9,21-22H,6-7,10H2,1H3,(H,23,26)(H,24,27). The average molecular weight is 408 g/mol. The smallest absolute Gasteiger partial charge is 0.318 e. The Kier molecular flexibility index (Phi) is 6.18. The number of rotatable bonds is 6. The van der Waals surface area contributed by atoms with Gasteiger partial charge < -0.3 is 20.9 Å². The zero-order chi connectivity index (χ0) is 19.4. The van der Waals surface area contributed by atoms with Gasteiger partial charge in [0.1, 0.15) is 0 Å². The second-order valence-electron chi connectivity index (χ2n) is 5.96. The van der Waals surface area contributed by atoms with E-state index in [1.807, 2.05) is 19.2 Å². The number of carbonyl (C=O) groups is 1. The third kappa shape index (κ3) is 4.51. The monoisotopic (exact) mass is 407 g/mol. The summed E-state index contributed by atoms with van der Waals surface area (Å²) in [6, 6.07) is 9.82. The molecule has 0 unspecified atom stereocenters. The molecule has 0 saturated carbocycles. The number of halogens is 2. The van der Waals surface area contributed by atoms with Crippen molar-refractivity contribution in [2.75, 3.05) is 25.5 Å². The highest BCUT2D eigenvalue weighted by atomic mass is 35.5. The van der Waals surface area contributed by atoms with E-state index in [0.29, 0.717) is 21.7 Å². The van der Waals surface area contributed by atoms with Crippen LogP contribution in [0.5, 0.6) is 0 Å². The minimum Gasteiger partial charge on any atom is -0.318 e. The molecule has 0 atom stereocenters. The molecule has 0 spiro atoms. The number of imidazole rings is 1. The van der Waals surface area contributed by atoms with Gasteiger partial charge in [-0.1, -0.05) is 35.3 Å². The average Bonchev–Trinajstić information content (AvgIpc) is 2.95. The molecule has 0 fully saturated rings.